The molecule has 2 N–H and O–H groups in total. The van der Waals surface area contributed by atoms with E-state index >= 15 is 0 Å². The van der Waals surface area contributed by atoms with Gasteiger partial charge in [0.05, 0.1) is 6.04 Å². The first kappa shape index (κ1) is 14.1. The topological polar surface area (TPSA) is 67.0 Å². The molecular weight excluding hydrogens is 254 g/mol. The van der Waals surface area contributed by atoms with Crippen molar-refractivity contribution in [1.29, 1.82) is 0 Å². The average Bonchev–Trinajstić information content (AvgIpc) is 2.99. The number of imidazole rings is 1. The Hall–Kier alpha value is -2.30. The first-order valence-electron chi connectivity index (χ1n) is 6.72. The Balaban J connectivity index is 1.93. The molecule has 20 heavy (non-hydrogen) atoms. The summed E-state index contributed by atoms with van der Waals surface area (Å²) in [6, 6.07) is 9.18. The lowest BCUT2D eigenvalue weighted by Gasteiger charge is -2.19. The van der Waals surface area contributed by atoms with Gasteiger partial charge in [-0.15, -0.1) is 0 Å². The van der Waals surface area contributed by atoms with E-state index < -0.39 is 6.10 Å². The van der Waals surface area contributed by atoms with Crippen LogP contribution in [0.2, 0.25) is 0 Å². The van der Waals surface area contributed by atoms with Crippen LogP contribution in [-0.4, -0.2) is 22.0 Å². The number of H-pyrrole nitrogens is 1. The molecule has 106 valence electrons. The lowest BCUT2D eigenvalue weighted by molar-refractivity contribution is -0.128. The van der Waals surface area contributed by atoms with Crippen molar-refractivity contribution in [2.45, 2.75) is 32.4 Å². The molecule has 0 spiro atoms. The van der Waals surface area contributed by atoms with E-state index in [1.165, 1.54) is 0 Å². The highest BCUT2D eigenvalue weighted by Gasteiger charge is 2.20. The summed E-state index contributed by atoms with van der Waals surface area (Å²) in [5, 5.41) is 2.93. The fourth-order valence-corrected chi connectivity index (χ4v) is 1.88. The Kier molecular flexibility index (Phi) is 4.76. The van der Waals surface area contributed by atoms with Crippen molar-refractivity contribution in [1.82, 2.24) is 15.3 Å². The minimum Gasteiger partial charge on any atom is -0.481 e. The number of rotatable bonds is 6. The third-order valence-electron chi connectivity index (χ3n) is 3.00. The molecule has 0 radical (unpaired) electrons. The summed E-state index contributed by atoms with van der Waals surface area (Å²) in [6.07, 6.45) is 3.63. The van der Waals surface area contributed by atoms with Gasteiger partial charge in [0, 0.05) is 12.4 Å². The van der Waals surface area contributed by atoms with Crippen LogP contribution in [0.25, 0.3) is 0 Å². The number of para-hydroxylation sites is 1. The van der Waals surface area contributed by atoms with Gasteiger partial charge in [-0.25, -0.2) is 4.98 Å². The number of aromatic nitrogens is 2. The van der Waals surface area contributed by atoms with Crippen molar-refractivity contribution in [2.75, 3.05) is 0 Å². The lowest BCUT2D eigenvalue weighted by Crippen LogP contribution is -2.38. The van der Waals surface area contributed by atoms with E-state index in [0.717, 1.165) is 12.2 Å². The molecular formula is C15H19N3O2. The van der Waals surface area contributed by atoms with Gasteiger partial charge in [-0.3, -0.25) is 4.79 Å². The summed E-state index contributed by atoms with van der Waals surface area (Å²) in [7, 11) is 0. The Morgan fingerprint density at radius 3 is 2.75 bits per heavy atom. The van der Waals surface area contributed by atoms with Gasteiger partial charge in [-0.1, -0.05) is 25.1 Å². The van der Waals surface area contributed by atoms with Crippen molar-refractivity contribution >= 4 is 5.91 Å². The van der Waals surface area contributed by atoms with Crippen LogP contribution >= 0.6 is 0 Å². The van der Waals surface area contributed by atoms with Crippen LogP contribution in [0.4, 0.5) is 0 Å². The van der Waals surface area contributed by atoms with Crippen molar-refractivity contribution in [3.8, 4) is 5.75 Å². The molecule has 2 atom stereocenters. The zero-order chi connectivity index (χ0) is 14.4. The summed E-state index contributed by atoms with van der Waals surface area (Å²) in [4.78, 5) is 19.3. The first-order chi connectivity index (χ1) is 9.70. The molecule has 1 heterocycles. The van der Waals surface area contributed by atoms with E-state index in [0.29, 0.717) is 5.75 Å². The van der Waals surface area contributed by atoms with Crippen LogP contribution in [0.3, 0.4) is 0 Å². The zero-order valence-electron chi connectivity index (χ0n) is 11.7. The van der Waals surface area contributed by atoms with Gasteiger partial charge < -0.3 is 15.0 Å². The molecule has 0 fully saturated rings. The molecule has 0 saturated heterocycles. The highest BCUT2D eigenvalue weighted by Crippen LogP contribution is 2.14. The second-order valence-corrected chi connectivity index (χ2v) is 4.52. The maximum atomic E-state index is 12.1. The Morgan fingerprint density at radius 1 is 1.40 bits per heavy atom. The minimum atomic E-state index is -0.554. The van der Waals surface area contributed by atoms with E-state index in [-0.39, 0.29) is 11.9 Å². The molecule has 5 heteroatoms. The third kappa shape index (κ3) is 3.60. The number of ether oxygens (including phenoxy) is 1. The number of aromatic amines is 1. The van der Waals surface area contributed by atoms with Gasteiger partial charge in [0.25, 0.3) is 5.91 Å². The number of hydrogen-bond donors (Lipinski definition) is 2. The van der Waals surface area contributed by atoms with Crippen molar-refractivity contribution in [3.05, 3.63) is 48.5 Å². The molecule has 0 aliphatic carbocycles. The second-order valence-electron chi connectivity index (χ2n) is 4.52. The molecule has 1 aromatic heterocycles. The third-order valence-corrected chi connectivity index (χ3v) is 3.00. The van der Waals surface area contributed by atoms with Crippen molar-refractivity contribution in [3.63, 3.8) is 0 Å². The molecule has 5 nitrogen and oxygen atoms in total. The zero-order valence-corrected chi connectivity index (χ0v) is 11.7. The van der Waals surface area contributed by atoms with Crippen LogP contribution in [0.1, 0.15) is 32.1 Å². The standard InChI is InChI=1S/C15H19N3O2/c1-3-13(14-16-9-10-17-14)18-15(19)11(2)20-12-7-5-4-6-8-12/h4-11,13H,3H2,1-2H3,(H,16,17)(H,18,19)/t11-,13+/m0/s1. The van der Waals surface area contributed by atoms with Gasteiger partial charge in [0.15, 0.2) is 6.10 Å². The van der Waals surface area contributed by atoms with Gasteiger partial charge in [-0.05, 0) is 25.5 Å². The van der Waals surface area contributed by atoms with E-state index in [2.05, 4.69) is 15.3 Å². The normalized spacial score (nSPS) is 13.5. The van der Waals surface area contributed by atoms with E-state index in [1.807, 2.05) is 37.3 Å². The number of nitrogens with one attached hydrogen (secondary N) is 2. The Bertz CT molecular complexity index is 525. The first-order valence-corrected chi connectivity index (χ1v) is 6.72. The van der Waals surface area contributed by atoms with Gasteiger partial charge in [0.1, 0.15) is 11.6 Å². The number of carbonyl (C=O) groups is 1. The van der Waals surface area contributed by atoms with Crippen LogP contribution in [0.15, 0.2) is 42.7 Å². The summed E-state index contributed by atoms with van der Waals surface area (Å²) < 4.78 is 5.60. The summed E-state index contributed by atoms with van der Waals surface area (Å²) in [6.45, 7) is 3.73. The van der Waals surface area contributed by atoms with Crippen molar-refractivity contribution in [2.24, 2.45) is 0 Å². The molecule has 1 aromatic carbocycles. The quantitative estimate of drug-likeness (QED) is 0.849. The predicted molar refractivity (Wildman–Crippen MR) is 76.3 cm³/mol. The molecule has 0 unspecified atom stereocenters. The van der Waals surface area contributed by atoms with Gasteiger partial charge in [0.2, 0.25) is 0 Å². The van der Waals surface area contributed by atoms with Crippen LogP contribution in [-0.2, 0) is 4.79 Å². The van der Waals surface area contributed by atoms with Gasteiger partial charge >= 0.3 is 0 Å². The van der Waals surface area contributed by atoms with Gasteiger partial charge in [-0.2, -0.15) is 0 Å². The van der Waals surface area contributed by atoms with Crippen LogP contribution in [0, 0.1) is 0 Å². The minimum absolute atomic E-state index is 0.126. The molecule has 0 bridgehead atoms. The maximum absolute atomic E-state index is 12.1. The lowest BCUT2D eigenvalue weighted by atomic mass is 10.2. The highest BCUT2D eigenvalue weighted by molar-refractivity contribution is 5.81. The Morgan fingerprint density at radius 2 is 2.15 bits per heavy atom. The average molecular weight is 273 g/mol. The molecule has 2 rings (SSSR count). The monoisotopic (exact) mass is 273 g/mol. The Labute approximate surface area is 118 Å². The fourth-order valence-electron chi connectivity index (χ4n) is 1.88. The molecule has 0 aliphatic rings. The van der Waals surface area contributed by atoms with E-state index in [1.54, 1.807) is 19.3 Å². The predicted octanol–water partition coefficient (Wildman–Crippen LogP) is 2.44. The number of nitrogens with zero attached hydrogens (tertiary/aromatic N) is 1. The SMILES string of the molecule is CC[C@@H](NC(=O)[C@H](C)Oc1ccccc1)c1ncc[nH]1. The van der Waals surface area contributed by atoms with Crippen molar-refractivity contribution < 1.29 is 9.53 Å². The highest BCUT2D eigenvalue weighted by atomic mass is 16.5. The smallest absolute Gasteiger partial charge is 0.261 e. The summed E-state index contributed by atoms with van der Waals surface area (Å²) in [5.41, 5.74) is 0. The molecule has 0 saturated carbocycles. The van der Waals surface area contributed by atoms with E-state index in [4.69, 9.17) is 4.74 Å². The number of benzene rings is 1. The van der Waals surface area contributed by atoms with Crippen LogP contribution in [0.5, 0.6) is 5.75 Å². The maximum Gasteiger partial charge on any atom is 0.261 e. The molecule has 2 aromatic rings. The molecule has 0 aliphatic heterocycles. The number of amides is 1. The number of carbonyl (C=O) groups excluding carboxylic acids is 1. The summed E-state index contributed by atoms with van der Waals surface area (Å²) >= 11 is 0. The second kappa shape index (κ2) is 6.75. The summed E-state index contributed by atoms with van der Waals surface area (Å²) in [5.74, 6) is 1.28. The van der Waals surface area contributed by atoms with Crippen LogP contribution < -0.4 is 10.1 Å². The largest absolute Gasteiger partial charge is 0.481 e. The number of hydrogen-bond acceptors (Lipinski definition) is 3. The molecule has 1 amide bonds. The van der Waals surface area contributed by atoms with E-state index in [9.17, 15) is 4.79 Å². The fraction of sp³-hybridized carbons (Fsp3) is 0.333.